The van der Waals surface area contributed by atoms with Crippen LogP contribution in [0.2, 0.25) is 0 Å². The fraction of sp³-hybridized carbons (Fsp3) is 0.583. The van der Waals surface area contributed by atoms with E-state index in [0.717, 1.165) is 17.7 Å². The van der Waals surface area contributed by atoms with Crippen LogP contribution in [-0.4, -0.2) is 44.4 Å². The Labute approximate surface area is 101 Å². The maximum atomic E-state index is 10.6. The van der Waals surface area contributed by atoms with Gasteiger partial charge in [0.25, 0.3) is 0 Å². The Balaban J connectivity index is 1.96. The van der Waals surface area contributed by atoms with Crippen molar-refractivity contribution in [2.75, 3.05) is 32.1 Å². The van der Waals surface area contributed by atoms with Crippen molar-refractivity contribution < 1.29 is 4.79 Å². The topological polar surface area (TPSA) is 23.6 Å². The molecule has 0 bridgehead atoms. The van der Waals surface area contributed by atoms with Gasteiger partial charge in [0.15, 0.2) is 6.29 Å². The summed E-state index contributed by atoms with van der Waals surface area (Å²) in [5.74, 6) is 0. The number of aldehydes is 1. The molecule has 2 heterocycles. The lowest BCUT2D eigenvalue weighted by atomic mass is 10.2. The van der Waals surface area contributed by atoms with Crippen molar-refractivity contribution in [3.8, 4) is 0 Å². The third kappa shape index (κ3) is 2.44. The van der Waals surface area contributed by atoms with E-state index >= 15 is 0 Å². The van der Waals surface area contributed by atoms with Crippen molar-refractivity contribution in [1.29, 1.82) is 0 Å². The molecule has 3 nitrogen and oxygen atoms in total. The summed E-state index contributed by atoms with van der Waals surface area (Å²) >= 11 is 1.56. The molecule has 0 saturated carbocycles. The van der Waals surface area contributed by atoms with Gasteiger partial charge in [-0.05, 0) is 38.6 Å². The minimum atomic E-state index is 0.659. The van der Waals surface area contributed by atoms with Gasteiger partial charge in [-0.1, -0.05) is 0 Å². The molecule has 1 aromatic rings. The van der Waals surface area contributed by atoms with E-state index in [4.69, 9.17) is 0 Å². The molecule has 1 aliphatic rings. The van der Waals surface area contributed by atoms with Crippen LogP contribution in [0.4, 0.5) is 5.00 Å². The first-order chi connectivity index (χ1) is 7.70. The van der Waals surface area contributed by atoms with E-state index in [2.05, 4.69) is 23.9 Å². The third-order valence-corrected chi connectivity index (χ3v) is 4.39. The van der Waals surface area contributed by atoms with E-state index in [9.17, 15) is 4.79 Å². The Morgan fingerprint density at radius 3 is 3.00 bits per heavy atom. The van der Waals surface area contributed by atoms with Crippen LogP contribution in [0.15, 0.2) is 12.1 Å². The van der Waals surface area contributed by atoms with Gasteiger partial charge in [-0.2, -0.15) is 0 Å². The molecule has 2 rings (SSSR count). The lowest BCUT2D eigenvalue weighted by Gasteiger charge is -2.26. The highest BCUT2D eigenvalue weighted by Gasteiger charge is 2.22. The molecule has 1 unspecified atom stereocenters. The van der Waals surface area contributed by atoms with Crippen LogP contribution in [0, 0.1) is 0 Å². The Morgan fingerprint density at radius 2 is 2.44 bits per heavy atom. The zero-order valence-corrected chi connectivity index (χ0v) is 10.7. The van der Waals surface area contributed by atoms with E-state index in [1.165, 1.54) is 24.4 Å². The molecule has 1 atom stereocenters. The Bertz CT molecular complexity index is 364. The van der Waals surface area contributed by atoms with Gasteiger partial charge in [0.05, 0.1) is 9.88 Å². The van der Waals surface area contributed by atoms with E-state index in [0.29, 0.717) is 6.04 Å². The number of likely N-dealkylation sites (tertiary alicyclic amines) is 1. The molecule has 0 spiro atoms. The molecule has 1 aromatic heterocycles. The zero-order valence-electron chi connectivity index (χ0n) is 9.85. The second kappa shape index (κ2) is 4.97. The first kappa shape index (κ1) is 11.6. The molecule has 0 amide bonds. The maximum Gasteiger partial charge on any atom is 0.160 e. The van der Waals surface area contributed by atoms with Crippen molar-refractivity contribution in [1.82, 2.24) is 4.90 Å². The van der Waals surface area contributed by atoms with Gasteiger partial charge in [0.2, 0.25) is 0 Å². The van der Waals surface area contributed by atoms with Gasteiger partial charge in [-0.3, -0.25) is 4.79 Å². The summed E-state index contributed by atoms with van der Waals surface area (Å²) in [5, 5.41) is 1.18. The first-order valence-electron chi connectivity index (χ1n) is 5.67. The van der Waals surface area contributed by atoms with E-state index in [1.807, 2.05) is 12.1 Å². The molecule has 4 heteroatoms. The van der Waals surface area contributed by atoms with Crippen molar-refractivity contribution in [2.24, 2.45) is 0 Å². The average Bonchev–Trinajstić information content (AvgIpc) is 2.88. The summed E-state index contributed by atoms with van der Waals surface area (Å²) in [6.45, 7) is 2.26. The second-order valence-corrected chi connectivity index (χ2v) is 5.54. The fourth-order valence-electron chi connectivity index (χ4n) is 2.23. The molecule has 1 aliphatic heterocycles. The van der Waals surface area contributed by atoms with Gasteiger partial charge in [0, 0.05) is 19.6 Å². The number of likely N-dealkylation sites (N-methyl/N-ethyl adjacent to an activating group) is 2. The SMILES string of the molecule is CN(CC1CCCN1C)c1ccc(C=O)s1. The predicted molar refractivity (Wildman–Crippen MR) is 68.6 cm³/mol. The molecule has 1 saturated heterocycles. The molecular weight excluding hydrogens is 220 g/mol. The summed E-state index contributed by atoms with van der Waals surface area (Å²) in [6, 6.07) is 4.58. The lowest BCUT2D eigenvalue weighted by Crippen LogP contribution is -2.36. The van der Waals surface area contributed by atoms with Gasteiger partial charge < -0.3 is 9.80 Å². The number of rotatable bonds is 4. The van der Waals surface area contributed by atoms with Crippen LogP contribution in [0.5, 0.6) is 0 Å². The van der Waals surface area contributed by atoms with Gasteiger partial charge in [-0.25, -0.2) is 0 Å². The van der Waals surface area contributed by atoms with Crippen LogP contribution >= 0.6 is 11.3 Å². The number of thiophene rings is 1. The van der Waals surface area contributed by atoms with Crippen LogP contribution in [-0.2, 0) is 0 Å². The average molecular weight is 238 g/mol. The summed E-state index contributed by atoms with van der Waals surface area (Å²) in [4.78, 5) is 16.1. The molecule has 0 N–H and O–H groups in total. The van der Waals surface area contributed by atoms with Gasteiger partial charge in [0.1, 0.15) is 0 Å². The van der Waals surface area contributed by atoms with E-state index in [-0.39, 0.29) is 0 Å². The molecule has 0 aromatic carbocycles. The van der Waals surface area contributed by atoms with Crippen LogP contribution < -0.4 is 4.90 Å². The van der Waals surface area contributed by atoms with E-state index < -0.39 is 0 Å². The largest absolute Gasteiger partial charge is 0.365 e. The highest BCUT2D eigenvalue weighted by molar-refractivity contribution is 7.17. The Morgan fingerprint density at radius 1 is 1.62 bits per heavy atom. The molecule has 0 radical (unpaired) electrons. The van der Waals surface area contributed by atoms with Crippen molar-refractivity contribution in [2.45, 2.75) is 18.9 Å². The zero-order chi connectivity index (χ0) is 11.5. The van der Waals surface area contributed by atoms with Crippen molar-refractivity contribution in [3.05, 3.63) is 17.0 Å². The number of anilines is 1. The number of hydrogen-bond acceptors (Lipinski definition) is 4. The van der Waals surface area contributed by atoms with Gasteiger partial charge in [-0.15, -0.1) is 11.3 Å². The number of hydrogen-bond donors (Lipinski definition) is 0. The third-order valence-electron chi connectivity index (χ3n) is 3.26. The summed E-state index contributed by atoms with van der Waals surface area (Å²) in [7, 11) is 4.29. The van der Waals surface area contributed by atoms with E-state index in [1.54, 1.807) is 11.3 Å². The fourth-order valence-corrected chi connectivity index (χ4v) is 3.02. The van der Waals surface area contributed by atoms with Crippen molar-refractivity contribution >= 4 is 22.6 Å². The Kier molecular flexibility index (Phi) is 3.61. The first-order valence-corrected chi connectivity index (χ1v) is 6.48. The maximum absolute atomic E-state index is 10.6. The number of carbonyl (C=O) groups excluding carboxylic acids is 1. The van der Waals surface area contributed by atoms with Crippen molar-refractivity contribution in [3.63, 3.8) is 0 Å². The van der Waals surface area contributed by atoms with Gasteiger partial charge >= 0.3 is 0 Å². The predicted octanol–water partition coefficient (Wildman–Crippen LogP) is 2.09. The standard InChI is InChI=1S/C12H18N2OS/c1-13-7-3-4-10(13)8-14(2)12-6-5-11(9-15)16-12/h5-6,9-10H,3-4,7-8H2,1-2H3. The second-order valence-electron chi connectivity index (χ2n) is 4.45. The highest BCUT2D eigenvalue weighted by Crippen LogP contribution is 2.25. The number of nitrogens with zero attached hydrogens (tertiary/aromatic N) is 2. The smallest absolute Gasteiger partial charge is 0.160 e. The molecule has 88 valence electrons. The summed E-state index contributed by atoms with van der Waals surface area (Å²) in [6.07, 6.45) is 3.51. The normalized spacial score (nSPS) is 21.2. The lowest BCUT2D eigenvalue weighted by molar-refractivity contribution is 0.112. The van der Waals surface area contributed by atoms with Crippen LogP contribution in [0.1, 0.15) is 22.5 Å². The minimum Gasteiger partial charge on any atom is -0.365 e. The molecular formula is C12H18N2OS. The highest BCUT2D eigenvalue weighted by atomic mass is 32.1. The summed E-state index contributed by atoms with van der Waals surface area (Å²) < 4.78 is 0. The monoisotopic (exact) mass is 238 g/mol. The quantitative estimate of drug-likeness (QED) is 0.750. The molecule has 16 heavy (non-hydrogen) atoms. The van der Waals surface area contributed by atoms with Crippen LogP contribution in [0.25, 0.3) is 0 Å². The Hall–Kier alpha value is -0.870. The molecule has 1 fully saturated rings. The molecule has 0 aliphatic carbocycles. The van der Waals surface area contributed by atoms with Crippen LogP contribution in [0.3, 0.4) is 0 Å². The number of carbonyl (C=O) groups is 1. The summed E-state index contributed by atoms with van der Waals surface area (Å²) in [5.41, 5.74) is 0. The minimum absolute atomic E-state index is 0.659.